The largest absolute Gasteiger partial charge is 0.381 e. The Kier molecular flexibility index (Phi) is 13.0. The zero-order valence-corrected chi connectivity index (χ0v) is 11.5. The average Bonchev–Trinajstić information content (AvgIpc) is 2.25. The molecule has 0 aliphatic rings. The Balaban J connectivity index is 2.88. The molecule has 16 heavy (non-hydrogen) atoms. The predicted octanol–water partition coefficient (Wildman–Crippen LogP) is 5.00. The van der Waals surface area contributed by atoms with Crippen molar-refractivity contribution in [3.05, 3.63) is 6.92 Å². The number of rotatable bonds is 12. The topological polar surface area (TPSA) is 9.23 Å². The maximum Gasteiger partial charge on any atom is 0.0466 e. The molecule has 0 heterocycles. The van der Waals surface area contributed by atoms with Crippen LogP contribution in [0.5, 0.6) is 0 Å². The summed E-state index contributed by atoms with van der Waals surface area (Å²) in [5, 5.41) is 0. The fraction of sp³-hybridized carbons (Fsp3) is 0.933. The molecule has 1 nitrogen and oxygen atoms in total. The highest BCUT2D eigenvalue weighted by Crippen LogP contribution is 2.12. The van der Waals surface area contributed by atoms with Gasteiger partial charge in [-0.3, -0.25) is 0 Å². The minimum Gasteiger partial charge on any atom is -0.381 e. The van der Waals surface area contributed by atoms with Crippen molar-refractivity contribution in [1.82, 2.24) is 0 Å². The first-order chi connectivity index (χ1) is 7.77. The summed E-state index contributed by atoms with van der Waals surface area (Å²) in [4.78, 5) is 0. The van der Waals surface area contributed by atoms with E-state index in [1.54, 1.807) is 0 Å². The van der Waals surface area contributed by atoms with Crippen LogP contribution in [0.3, 0.4) is 0 Å². The molecule has 0 aromatic heterocycles. The Morgan fingerprint density at radius 3 is 1.81 bits per heavy atom. The molecule has 0 aromatic carbocycles. The van der Waals surface area contributed by atoms with E-state index < -0.39 is 0 Å². The summed E-state index contributed by atoms with van der Waals surface area (Å²) in [6, 6.07) is 0. The molecular weight excluding hydrogens is 196 g/mol. The van der Waals surface area contributed by atoms with Crippen molar-refractivity contribution in [1.29, 1.82) is 0 Å². The predicted molar refractivity (Wildman–Crippen MR) is 72.6 cm³/mol. The highest BCUT2D eigenvalue weighted by molar-refractivity contribution is 4.49. The maximum absolute atomic E-state index is 5.20. The van der Waals surface area contributed by atoms with Gasteiger partial charge in [0, 0.05) is 13.2 Å². The molecule has 97 valence electrons. The van der Waals surface area contributed by atoms with Crippen molar-refractivity contribution in [2.45, 2.75) is 71.6 Å². The highest BCUT2D eigenvalue weighted by Gasteiger charge is 1.95. The lowest BCUT2D eigenvalue weighted by Crippen LogP contribution is -1.93. The molecular formula is C15H31O. The van der Waals surface area contributed by atoms with Gasteiger partial charge in [0.15, 0.2) is 0 Å². The number of ether oxygens (including phenoxy) is 1. The zero-order chi connectivity index (χ0) is 12.1. The van der Waals surface area contributed by atoms with Gasteiger partial charge in [-0.15, -0.1) is 0 Å². The standard InChI is InChI=1S/C15H31O/c1-4-16-14-12-10-8-6-5-7-9-11-13-15(2)3/h15H,1,4-14H2,2-3H3. The number of hydrogen-bond donors (Lipinski definition) is 0. The minimum atomic E-state index is 0.621. The summed E-state index contributed by atoms with van der Waals surface area (Å²) >= 11 is 0. The van der Waals surface area contributed by atoms with Crippen LogP contribution in [0.1, 0.15) is 71.6 Å². The maximum atomic E-state index is 5.20. The van der Waals surface area contributed by atoms with E-state index in [4.69, 9.17) is 4.74 Å². The molecule has 0 atom stereocenters. The second-order valence-corrected chi connectivity index (χ2v) is 5.12. The molecule has 0 fully saturated rings. The van der Waals surface area contributed by atoms with Crippen LogP contribution < -0.4 is 0 Å². The molecule has 0 aliphatic heterocycles. The average molecular weight is 227 g/mol. The van der Waals surface area contributed by atoms with Crippen LogP contribution in [0.15, 0.2) is 0 Å². The van der Waals surface area contributed by atoms with E-state index in [-0.39, 0.29) is 0 Å². The lowest BCUT2D eigenvalue weighted by Gasteiger charge is -2.04. The van der Waals surface area contributed by atoms with Gasteiger partial charge in [0.1, 0.15) is 0 Å². The molecule has 0 unspecified atom stereocenters. The Morgan fingerprint density at radius 1 is 0.812 bits per heavy atom. The molecule has 0 spiro atoms. The molecule has 0 aliphatic carbocycles. The van der Waals surface area contributed by atoms with Gasteiger partial charge < -0.3 is 4.74 Å². The van der Waals surface area contributed by atoms with Crippen LogP contribution in [0.4, 0.5) is 0 Å². The molecule has 0 aromatic rings. The smallest absolute Gasteiger partial charge is 0.0466 e. The highest BCUT2D eigenvalue weighted by atomic mass is 16.5. The van der Waals surface area contributed by atoms with Crippen LogP contribution in [-0.4, -0.2) is 13.2 Å². The van der Waals surface area contributed by atoms with Crippen molar-refractivity contribution >= 4 is 0 Å². The lowest BCUT2D eigenvalue weighted by atomic mass is 10.0. The van der Waals surface area contributed by atoms with Crippen LogP contribution in [0, 0.1) is 12.8 Å². The Morgan fingerprint density at radius 2 is 1.31 bits per heavy atom. The SMILES string of the molecule is [CH2]COCCCCCCCCCCC(C)C. The van der Waals surface area contributed by atoms with E-state index in [9.17, 15) is 0 Å². The number of hydrogen-bond acceptors (Lipinski definition) is 1. The van der Waals surface area contributed by atoms with E-state index in [0.29, 0.717) is 6.61 Å². The zero-order valence-electron chi connectivity index (χ0n) is 11.5. The van der Waals surface area contributed by atoms with E-state index >= 15 is 0 Å². The van der Waals surface area contributed by atoms with Gasteiger partial charge in [-0.2, -0.15) is 0 Å². The molecule has 0 rings (SSSR count). The van der Waals surface area contributed by atoms with E-state index in [0.717, 1.165) is 12.5 Å². The van der Waals surface area contributed by atoms with Crippen molar-refractivity contribution in [2.75, 3.05) is 13.2 Å². The third-order valence-corrected chi connectivity index (χ3v) is 2.96. The Hall–Kier alpha value is -0.0400. The molecule has 1 radical (unpaired) electrons. The lowest BCUT2D eigenvalue weighted by molar-refractivity contribution is 0.156. The first kappa shape index (κ1) is 16.0. The number of unbranched alkanes of at least 4 members (excludes halogenated alkanes) is 7. The molecule has 0 amide bonds. The third kappa shape index (κ3) is 14.0. The molecule has 0 saturated heterocycles. The summed E-state index contributed by atoms with van der Waals surface area (Å²) in [6.07, 6.45) is 12.4. The van der Waals surface area contributed by atoms with Crippen LogP contribution in [-0.2, 0) is 4.74 Å². The molecule has 0 bridgehead atoms. The molecule has 0 N–H and O–H groups in total. The van der Waals surface area contributed by atoms with Gasteiger partial charge in [0.2, 0.25) is 0 Å². The van der Waals surface area contributed by atoms with Crippen LogP contribution in [0.25, 0.3) is 0 Å². The minimum absolute atomic E-state index is 0.621. The summed E-state index contributed by atoms with van der Waals surface area (Å²) < 4.78 is 5.20. The molecule has 0 saturated carbocycles. The van der Waals surface area contributed by atoms with Gasteiger partial charge in [0.05, 0.1) is 0 Å². The van der Waals surface area contributed by atoms with Crippen molar-refractivity contribution < 1.29 is 4.74 Å². The first-order valence-electron chi connectivity index (χ1n) is 7.14. The quantitative estimate of drug-likeness (QED) is 0.426. The first-order valence-corrected chi connectivity index (χ1v) is 7.14. The van der Waals surface area contributed by atoms with Gasteiger partial charge in [-0.25, -0.2) is 0 Å². The summed E-state index contributed by atoms with van der Waals surface area (Å²) in [5.74, 6) is 0.882. The summed E-state index contributed by atoms with van der Waals surface area (Å²) in [6.45, 7) is 9.80. The van der Waals surface area contributed by atoms with E-state index in [1.807, 2.05) is 0 Å². The fourth-order valence-corrected chi connectivity index (χ4v) is 1.92. The van der Waals surface area contributed by atoms with Gasteiger partial charge in [-0.05, 0) is 19.3 Å². The van der Waals surface area contributed by atoms with Gasteiger partial charge in [-0.1, -0.05) is 65.2 Å². The Labute approximate surface area is 103 Å². The van der Waals surface area contributed by atoms with Crippen LogP contribution >= 0.6 is 0 Å². The second kappa shape index (κ2) is 13.0. The third-order valence-electron chi connectivity index (χ3n) is 2.96. The fourth-order valence-electron chi connectivity index (χ4n) is 1.92. The van der Waals surface area contributed by atoms with Crippen molar-refractivity contribution in [2.24, 2.45) is 5.92 Å². The summed E-state index contributed by atoms with van der Waals surface area (Å²) in [5.41, 5.74) is 0. The Bertz CT molecular complexity index is 121. The van der Waals surface area contributed by atoms with E-state index in [1.165, 1.54) is 57.8 Å². The summed E-state index contributed by atoms with van der Waals surface area (Å²) in [7, 11) is 0. The normalized spacial score (nSPS) is 11.2. The van der Waals surface area contributed by atoms with E-state index in [2.05, 4.69) is 20.8 Å². The monoisotopic (exact) mass is 227 g/mol. The van der Waals surface area contributed by atoms with Crippen LogP contribution in [0.2, 0.25) is 0 Å². The van der Waals surface area contributed by atoms with Crippen molar-refractivity contribution in [3.63, 3.8) is 0 Å². The second-order valence-electron chi connectivity index (χ2n) is 5.12. The molecule has 1 heteroatoms. The van der Waals surface area contributed by atoms with Gasteiger partial charge >= 0.3 is 0 Å². The van der Waals surface area contributed by atoms with Crippen molar-refractivity contribution in [3.8, 4) is 0 Å². The van der Waals surface area contributed by atoms with Gasteiger partial charge in [0.25, 0.3) is 0 Å².